The molecule has 1 aromatic heterocycles. The molecule has 0 amide bonds. The molecular weight excluding hydrogens is 430 g/mol. The minimum absolute atomic E-state index is 0.114. The second kappa shape index (κ2) is 8.31. The highest BCUT2D eigenvalue weighted by atomic mass is 32.2. The van der Waals surface area contributed by atoms with Crippen molar-refractivity contribution in [3.05, 3.63) is 89.8 Å². The van der Waals surface area contributed by atoms with Crippen LogP contribution < -0.4 is 0 Å². The fraction of sp³-hybridized carbons (Fsp3) is 0.111. The van der Waals surface area contributed by atoms with Gasteiger partial charge in [0.05, 0.1) is 42.0 Å². The van der Waals surface area contributed by atoms with Crippen LogP contribution in [-0.4, -0.2) is 30.5 Å². The Morgan fingerprint density at radius 2 is 1.58 bits per heavy atom. The van der Waals surface area contributed by atoms with Gasteiger partial charge in [-0.15, -0.1) is 0 Å². The first-order chi connectivity index (χ1) is 14.6. The van der Waals surface area contributed by atoms with Crippen LogP contribution in [-0.2, 0) is 0 Å². The van der Waals surface area contributed by atoms with Crippen LogP contribution in [0.25, 0.3) is 0 Å². The molecule has 0 fully saturated rings. The second-order valence-electron chi connectivity index (χ2n) is 6.26. The highest BCUT2D eigenvalue weighted by Crippen LogP contribution is 2.38. The fourth-order valence-corrected chi connectivity index (χ4v) is 3.89. The summed E-state index contributed by atoms with van der Waals surface area (Å²) in [5, 5.41) is 37.7. The molecule has 0 saturated carbocycles. The van der Waals surface area contributed by atoms with E-state index in [1.54, 1.807) is 26.0 Å². The van der Waals surface area contributed by atoms with E-state index in [4.69, 9.17) is 0 Å². The van der Waals surface area contributed by atoms with E-state index in [9.17, 15) is 35.1 Å². The van der Waals surface area contributed by atoms with Gasteiger partial charge in [0.25, 0.3) is 23.0 Å². The predicted octanol–water partition coefficient (Wildman–Crippen LogP) is 4.06. The number of nitro groups is 3. The Labute approximate surface area is 177 Å². The molecule has 1 heterocycles. The fourth-order valence-electron chi connectivity index (χ4n) is 2.86. The van der Waals surface area contributed by atoms with Crippen LogP contribution >= 0.6 is 11.8 Å². The van der Waals surface area contributed by atoms with Gasteiger partial charge in [0.2, 0.25) is 0 Å². The largest absolute Gasteiger partial charge is 0.289 e. The topological polar surface area (TPSA) is 164 Å². The molecule has 0 aliphatic carbocycles. The molecule has 0 N–H and O–H groups in total. The maximum Gasteiger partial charge on any atom is 0.289 e. The molecule has 3 aromatic rings. The Hall–Kier alpha value is -4.13. The zero-order valence-electron chi connectivity index (χ0n) is 16.0. The van der Waals surface area contributed by atoms with Gasteiger partial charge in [0, 0.05) is 12.1 Å². The van der Waals surface area contributed by atoms with Gasteiger partial charge in [-0.1, -0.05) is 23.9 Å². The summed E-state index contributed by atoms with van der Waals surface area (Å²) in [6, 6.07) is 8.78. The van der Waals surface area contributed by atoms with E-state index in [2.05, 4.69) is 5.10 Å². The van der Waals surface area contributed by atoms with Crippen molar-refractivity contribution < 1.29 is 19.6 Å². The van der Waals surface area contributed by atoms with Crippen molar-refractivity contribution in [2.75, 3.05) is 0 Å². The van der Waals surface area contributed by atoms with Crippen molar-refractivity contribution in [3.8, 4) is 0 Å². The normalized spacial score (nSPS) is 10.6. The number of aryl methyl sites for hydroxylation is 1. The van der Waals surface area contributed by atoms with Crippen LogP contribution in [0, 0.1) is 44.2 Å². The van der Waals surface area contributed by atoms with Gasteiger partial charge in [0.15, 0.2) is 0 Å². The first kappa shape index (κ1) is 21.6. The Kier molecular flexibility index (Phi) is 5.79. The van der Waals surface area contributed by atoms with Crippen molar-refractivity contribution in [2.45, 2.75) is 23.6 Å². The average molecular weight is 443 g/mol. The van der Waals surface area contributed by atoms with E-state index in [1.165, 1.54) is 12.1 Å². The van der Waals surface area contributed by atoms with Gasteiger partial charge in [-0.05, 0) is 26.0 Å². The molecular formula is C18H13N5O7S. The lowest BCUT2D eigenvalue weighted by Crippen LogP contribution is -2.17. The van der Waals surface area contributed by atoms with Crippen molar-refractivity contribution in [1.82, 2.24) is 9.78 Å². The number of hydrogen-bond acceptors (Lipinski definition) is 9. The highest BCUT2D eigenvalue weighted by Gasteiger charge is 2.28. The molecule has 13 heteroatoms. The monoisotopic (exact) mass is 443 g/mol. The number of nitro benzene ring substituents is 3. The Morgan fingerprint density at radius 3 is 2.19 bits per heavy atom. The Balaban J connectivity index is 2.05. The number of para-hydroxylation sites is 1. The molecule has 0 unspecified atom stereocenters. The third-order valence-corrected chi connectivity index (χ3v) is 5.67. The van der Waals surface area contributed by atoms with Crippen LogP contribution in [0.4, 0.5) is 17.1 Å². The Bertz CT molecular complexity index is 1250. The summed E-state index contributed by atoms with van der Waals surface area (Å²) < 4.78 is 0.945. The number of nitrogens with zero attached hydrogens (tertiary/aromatic N) is 5. The third-order valence-electron chi connectivity index (χ3n) is 4.31. The molecule has 31 heavy (non-hydrogen) atoms. The number of non-ortho nitro benzene ring substituents is 1. The molecule has 2 aromatic carbocycles. The molecule has 0 bridgehead atoms. The number of carbonyl (C=O) groups is 1. The van der Waals surface area contributed by atoms with Crippen molar-refractivity contribution in [2.24, 2.45) is 0 Å². The minimum Gasteiger partial charge on any atom is -0.266 e. The van der Waals surface area contributed by atoms with Gasteiger partial charge in [-0.3, -0.25) is 35.1 Å². The molecule has 0 atom stereocenters. The molecule has 12 nitrogen and oxygen atoms in total. The van der Waals surface area contributed by atoms with Crippen molar-refractivity contribution >= 4 is 34.7 Å². The first-order valence-corrected chi connectivity index (χ1v) is 9.38. The summed E-state index contributed by atoms with van der Waals surface area (Å²) in [7, 11) is 0. The number of benzene rings is 2. The highest BCUT2D eigenvalue weighted by molar-refractivity contribution is 7.99. The van der Waals surface area contributed by atoms with Crippen LogP contribution in [0.2, 0.25) is 0 Å². The zero-order chi connectivity index (χ0) is 22.9. The lowest BCUT2D eigenvalue weighted by molar-refractivity contribution is -0.394. The Morgan fingerprint density at radius 1 is 0.935 bits per heavy atom. The molecule has 0 spiro atoms. The van der Waals surface area contributed by atoms with Crippen molar-refractivity contribution in [1.29, 1.82) is 0 Å². The molecule has 3 rings (SSSR count). The molecule has 0 radical (unpaired) electrons. The lowest BCUT2D eigenvalue weighted by Gasteiger charge is -2.06. The van der Waals surface area contributed by atoms with Crippen molar-refractivity contribution in [3.63, 3.8) is 0 Å². The maximum absolute atomic E-state index is 13.0. The number of carbonyl (C=O) groups excluding carboxylic acids is 1. The SMILES string of the molecule is Cc1nn(C(=O)c2ccc([N+](=O)[O-])cc2[N+](=O)[O-])c(C)c1Sc1ccccc1[N+](=O)[O-]. The maximum atomic E-state index is 13.0. The summed E-state index contributed by atoms with van der Waals surface area (Å²) in [4.78, 5) is 45.1. The van der Waals surface area contributed by atoms with E-state index in [-0.39, 0.29) is 11.3 Å². The lowest BCUT2D eigenvalue weighted by atomic mass is 10.1. The summed E-state index contributed by atoms with van der Waals surface area (Å²) in [6.45, 7) is 3.14. The summed E-state index contributed by atoms with van der Waals surface area (Å²) in [5.41, 5.74) is -1.03. The van der Waals surface area contributed by atoms with Gasteiger partial charge in [-0.2, -0.15) is 9.78 Å². The van der Waals surface area contributed by atoms with Gasteiger partial charge >= 0.3 is 0 Å². The number of aromatic nitrogens is 2. The van der Waals surface area contributed by atoms with E-state index >= 15 is 0 Å². The van der Waals surface area contributed by atoms with Crippen LogP contribution in [0.15, 0.2) is 52.3 Å². The van der Waals surface area contributed by atoms with Gasteiger partial charge in [0.1, 0.15) is 5.56 Å². The zero-order valence-corrected chi connectivity index (χ0v) is 16.9. The summed E-state index contributed by atoms with van der Waals surface area (Å²) in [6.07, 6.45) is 0. The quantitative estimate of drug-likeness (QED) is 0.403. The van der Waals surface area contributed by atoms with Gasteiger partial charge in [-0.25, -0.2) is 0 Å². The van der Waals surface area contributed by atoms with Gasteiger partial charge < -0.3 is 0 Å². The average Bonchev–Trinajstić information content (AvgIpc) is 3.01. The number of rotatable bonds is 6. The van der Waals surface area contributed by atoms with E-state index in [1.807, 2.05) is 0 Å². The first-order valence-electron chi connectivity index (χ1n) is 8.56. The van der Waals surface area contributed by atoms with Crippen LogP contribution in [0.5, 0.6) is 0 Å². The molecule has 0 aliphatic rings. The third kappa shape index (κ3) is 4.11. The summed E-state index contributed by atoms with van der Waals surface area (Å²) >= 11 is 1.05. The van der Waals surface area contributed by atoms with Crippen LogP contribution in [0.1, 0.15) is 21.7 Å². The van der Waals surface area contributed by atoms with E-state index in [0.717, 1.165) is 28.6 Å². The van der Waals surface area contributed by atoms with E-state index in [0.29, 0.717) is 27.2 Å². The molecule has 0 aliphatic heterocycles. The smallest absolute Gasteiger partial charge is 0.266 e. The molecule has 0 saturated heterocycles. The summed E-state index contributed by atoms with van der Waals surface area (Å²) in [5.74, 6) is -0.850. The van der Waals surface area contributed by atoms with Crippen LogP contribution in [0.3, 0.4) is 0 Å². The second-order valence-corrected chi connectivity index (χ2v) is 7.31. The number of hydrogen-bond donors (Lipinski definition) is 0. The predicted molar refractivity (Wildman–Crippen MR) is 108 cm³/mol. The standard InChI is InChI=1S/C18H13N5O7S/c1-10-17(31-16-6-4-3-5-14(16)22(27)28)11(2)20(19-10)18(24)13-8-7-12(21(25)26)9-15(13)23(29)30/h3-9H,1-2H3. The minimum atomic E-state index is -0.880. The molecule has 158 valence electrons. The van der Waals surface area contributed by atoms with E-state index < -0.39 is 32.1 Å².